The summed E-state index contributed by atoms with van der Waals surface area (Å²) in [6.45, 7) is 0. The normalized spacial score (nSPS) is 10.8. The van der Waals surface area contributed by atoms with Crippen LogP contribution in [0.5, 0.6) is 5.75 Å². The summed E-state index contributed by atoms with van der Waals surface area (Å²) in [4.78, 5) is 10.5. The van der Waals surface area contributed by atoms with E-state index in [9.17, 15) is 15.2 Å². The van der Waals surface area contributed by atoms with Gasteiger partial charge in [0.25, 0.3) is 22.1 Å². The van der Waals surface area contributed by atoms with E-state index in [1.807, 2.05) is 0 Å². The number of aromatic nitrogens is 2. The maximum Gasteiger partial charge on any atom is 0.511 e. The molecule has 0 fully saturated rings. The van der Waals surface area contributed by atoms with Crippen molar-refractivity contribution in [1.29, 1.82) is 0 Å². The second kappa shape index (κ2) is 4.23. The van der Waals surface area contributed by atoms with Crippen molar-refractivity contribution in [2.24, 2.45) is 0 Å². The molecule has 20 heavy (non-hydrogen) atoms. The summed E-state index contributed by atoms with van der Waals surface area (Å²) in [5, 5.41) is 33.0. The lowest BCUT2D eigenvalue weighted by Crippen LogP contribution is -2.39. The molecule has 3 rings (SSSR count). The van der Waals surface area contributed by atoms with Crippen LogP contribution in [0, 0.1) is 10.4 Å². The number of benzene rings is 2. The van der Waals surface area contributed by atoms with Gasteiger partial charge in [0.15, 0.2) is 0 Å². The molecule has 3 aromatic rings. The summed E-state index contributed by atoms with van der Waals surface area (Å²) in [5.74, 6) is -0.0233. The van der Waals surface area contributed by atoms with Gasteiger partial charge in [-0.25, -0.2) is 4.79 Å². The molecular formula is C13H8N2O5. The Hall–Kier alpha value is -3.09. The van der Waals surface area contributed by atoms with E-state index in [4.69, 9.17) is 5.11 Å². The van der Waals surface area contributed by atoms with Gasteiger partial charge in [0.05, 0.1) is 6.07 Å². The van der Waals surface area contributed by atoms with E-state index in [1.165, 1.54) is 30.3 Å². The summed E-state index contributed by atoms with van der Waals surface area (Å²) in [5.41, 5.74) is 0.610. The fourth-order valence-corrected chi connectivity index (χ4v) is 2.07. The highest BCUT2D eigenvalue weighted by Gasteiger charge is 2.21. The number of carboxylic acid groups (broad SMARTS) is 1. The van der Waals surface area contributed by atoms with Crippen LogP contribution < -0.4 is 14.2 Å². The predicted octanol–water partition coefficient (Wildman–Crippen LogP) is 1.32. The van der Waals surface area contributed by atoms with Gasteiger partial charge < -0.3 is 20.3 Å². The minimum Gasteiger partial charge on any atom is -0.617 e. The molecular weight excluding hydrogens is 264 g/mol. The van der Waals surface area contributed by atoms with Gasteiger partial charge >= 0.3 is 6.16 Å². The third-order valence-corrected chi connectivity index (χ3v) is 2.91. The van der Waals surface area contributed by atoms with Crippen LogP contribution in [-0.2, 0) is 0 Å². The Labute approximate surface area is 112 Å². The lowest BCUT2D eigenvalue weighted by atomic mass is 10.2. The van der Waals surface area contributed by atoms with Crippen molar-refractivity contribution in [3.8, 4) is 5.75 Å². The van der Waals surface area contributed by atoms with Crippen molar-refractivity contribution in [3.63, 3.8) is 0 Å². The molecule has 0 atom stereocenters. The first-order valence-corrected chi connectivity index (χ1v) is 5.66. The third-order valence-electron chi connectivity index (χ3n) is 2.91. The summed E-state index contributed by atoms with van der Waals surface area (Å²) < 4.78 is 5.69. The van der Waals surface area contributed by atoms with Crippen molar-refractivity contribution in [3.05, 3.63) is 52.9 Å². The highest BCUT2D eigenvalue weighted by molar-refractivity contribution is 5.78. The van der Waals surface area contributed by atoms with E-state index in [0.717, 1.165) is 0 Å². The van der Waals surface area contributed by atoms with Crippen LogP contribution in [0.1, 0.15) is 0 Å². The van der Waals surface area contributed by atoms with Crippen molar-refractivity contribution in [2.75, 3.05) is 0 Å². The monoisotopic (exact) mass is 272 g/mol. The Morgan fingerprint density at radius 2 is 1.50 bits per heavy atom. The van der Waals surface area contributed by atoms with E-state index in [2.05, 4.69) is 4.74 Å². The molecule has 0 radical (unpaired) electrons. The average Bonchev–Trinajstić information content (AvgIpc) is 2.44. The Morgan fingerprint density at radius 1 is 0.950 bits per heavy atom. The molecule has 7 heteroatoms. The lowest BCUT2D eigenvalue weighted by Gasteiger charge is -2.08. The predicted molar refractivity (Wildman–Crippen MR) is 68.0 cm³/mol. The summed E-state index contributed by atoms with van der Waals surface area (Å²) >= 11 is 0. The van der Waals surface area contributed by atoms with Crippen molar-refractivity contribution < 1.29 is 24.1 Å². The standard InChI is InChI=1S/C13H8N2O5/c16-13(17)20-8-5-6-11-12(7-8)15(19)10-4-2-1-3-9(10)14(11)18/h1-7H,(H,16,17). The second-order valence-corrected chi connectivity index (χ2v) is 4.10. The first-order valence-electron chi connectivity index (χ1n) is 5.66. The Morgan fingerprint density at radius 3 is 2.10 bits per heavy atom. The Bertz CT molecular complexity index is 847. The zero-order valence-corrected chi connectivity index (χ0v) is 10.0. The summed E-state index contributed by atoms with van der Waals surface area (Å²) in [6.07, 6.45) is -1.49. The number of fused-ring (bicyclic) bond motifs is 2. The van der Waals surface area contributed by atoms with Crippen molar-refractivity contribution >= 4 is 28.2 Å². The Balaban J connectivity index is 2.37. The van der Waals surface area contributed by atoms with Gasteiger partial charge in [-0.3, -0.25) is 0 Å². The maximum atomic E-state index is 12.2. The molecule has 7 nitrogen and oxygen atoms in total. The van der Waals surface area contributed by atoms with Crippen molar-refractivity contribution in [1.82, 2.24) is 0 Å². The molecule has 1 heterocycles. The first-order chi connectivity index (χ1) is 9.58. The number of hydrogen-bond donors (Lipinski definition) is 1. The van der Waals surface area contributed by atoms with Gasteiger partial charge in [0, 0.05) is 18.2 Å². The van der Waals surface area contributed by atoms with Gasteiger partial charge in [-0.2, -0.15) is 9.46 Å². The van der Waals surface area contributed by atoms with Crippen LogP contribution >= 0.6 is 0 Å². The number of hydrogen-bond acceptors (Lipinski definition) is 4. The topological polar surface area (TPSA) is 100 Å². The summed E-state index contributed by atoms with van der Waals surface area (Å²) in [7, 11) is 0. The van der Waals surface area contributed by atoms with E-state index >= 15 is 0 Å². The molecule has 0 amide bonds. The first kappa shape index (κ1) is 12.0. The van der Waals surface area contributed by atoms with Crippen LogP contribution in [0.2, 0.25) is 0 Å². The molecule has 0 saturated carbocycles. The average molecular weight is 272 g/mol. The number of nitrogens with zero attached hydrogens (tertiary/aromatic N) is 2. The van der Waals surface area contributed by atoms with Crippen LogP contribution in [0.25, 0.3) is 22.1 Å². The van der Waals surface area contributed by atoms with Crippen LogP contribution in [0.15, 0.2) is 42.5 Å². The highest BCUT2D eigenvalue weighted by Crippen LogP contribution is 2.18. The number of rotatable bonds is 1. The van der Waals surface area contributed by atoms with Gasteiger partial charge in [0.2, 0.25) is 0 Å². The van der Waals surface area contributed by atoms with Gasteiger partial charge in [-0.05, 0) is 6.07 Å². The minimum atomic E-state index is -1.49. The van der Waals surface area contributed by atoms with Crippen LogP contribution in [0.3, 0.4) is 0 Å². The molecule has 100 valence electrons. The van der Waals surface area contributed by atoms with Crippen LogP contribution in [-0.4, -0.2) is 11.3 Å². The maximum absolute atomic E-state index is 12.2. The second-order valence-electron chi connectivity index (χ2n) is 4.10. The van der Waals surface area contributed by atoms with E-state index < -0.39 is 6.16 Å². The van der Waals surface area contributed by atoms with Gasteiger partial charge in [-0.15, -0.1) is 0 Å². The fourth-order valence-electron chi connectivity index (χ4n) is 2.07. The molecule has 0 aliphatic carbocycles. The zero-order chi connectivity index (χ0) is 14.3. The van der Waals surface area contributed by atoms with Gasteiger partial charge in [-0.1, -0.05) is 12.1 Å². The van der Waals surface area contributed by atoms with E-state index in [0.29, 0.717) is 9.46 Å². The fraction of sp³-hybridized carbons (Fsp3) is 0. The highest BCUT2D eigenvalue weighted by atomic mass is 16.7. The van der Waals surface area contributed by atoms with Crippen molar-refractivity contribution in [2.45, 2.75) is 0 Å². The van der Waals surface area contributed by atoms with Gasteiger partial charge in [0.1, 0.15) is 5.75 Å². The molecule has 1 N–H and O–H groups in total. The number of para-hydroxylation sites is 2. The zero-order valence-electron chi connectivity index (χ0n) is 10.0. The SMILES string of the molecule is O=C(O)Oc1ccc2c(c1)[n+]([O-])c1ccccc1[n+]2[O-]. The quantitative estimate of drug-likeness (QED) is 0.237. The largest absolute Gasteiger partial charge is 0.617 e. The third kappa shape index (κ3) is 1.72. The molecule has 0 aliphatic rings. The van der Waals surface area contributed by atoms with Crippen LogP contribution in [0.4, 0.5) is 4.79 Å². The molecule has 0 saturated heterocycles. The smallest absolute Gasteiger partial charge is 0.511 e. The minimum absolute atomic E-state index is 0.0233. The number of ether oxygens (including phenoxy) is 1. The van der Waals surface area contributed by atoms with E-state index in [-0.39, 0.29) is 27.8 Å². The molecule has 0 unspecified atom stereocenters. The molecule has 0 aliphatic heterocycles. The number of carbonyl (C=O) groups is 1. The van der Waals surface area contributed by atoms with E-state index in [1.54, 1.807) is 12.1 Å². The molecule has 1 aromatic heterocycles. The molecule has 2 aromatic carbocycles. The summed E-state index contributed by atoms with van der Waals surface area (Å²) in [6, 6.07) is 10.2. The Kier molecular flexibility index (Phi) is 2.53. The lowest BCUT2D eigenvalue weighted by molar-refractivity contribution is -0.591. The molecule has 0 spiro atoms. The molecule has 0 bridgehead atoms.